The number of aromatic nitrogens is 6. The van der Waals surface area contributed by atoms with E-state index in [-0.39, 0.29) is 5.92 Å². The molecule has 0 aliphatic carbocycles. The summed E-state index contributed by atoms with van der Waals surface area (Å²) >= 11 is 0. The molecule has 31 heavy (non-hydrogen) atoms. The lowest BCUT2D eigenvalue weighted by molar-refractivity contribution is 0.622. The van der Waals surface area contributed by atoms with Gasteiger partial charge in [-0.2, -0.15) is 5.10 Å². The molecular formula is C23H22FN7. The van der Waals surface area contributed by atoms with Gasteiger partial charge in [-0.25, -0.2) is 14.4 Å². The van der Waals surface area contributed by atoms with E-state index >= 15 is 0 Å². The number of fused-ring (bicyclic) bond motifs is 2. The maximum absolute atomic E-state index is 13.8. The van der Waals surface area contributed by atoms with Crippen LogP contribution in [0.1, 0.15) is 31.2 Å². The molecule has 4 aromatic heterocycles. The summed E-state index contributed by atoms with van der Waals surface area (Å²) in [5.41, 5.74) is 5.07. The van der Waals surface area contributed by atoms with Gasteiger partial charge in [0.1, 0.15) is 5.82 Å². The summed E-state index contributed by atoms with van der Waals surface area (Å²) in [7, 11) is 0. The van der Waals surface area contributed by atoms with Crippen LogP contribution in [0.2, 0.25) is 0 Å². The molecule has 156 valence electrons. The maximum atomic E-state index is 13.8. The van der Waals surface area contributed by atoms with Crippen molar-refractivity contribution in [3.63, 3.8) is 0 Å². The third kappa shape index (κ3) is 3.61. The number of pyridine rings is 1. The number of para-hydroxylation sites is 1. The summed E-state index contributed by atoms with van der Waals surface area (Å²) in [6, 6.07) is 9.51. The van der Waals surface area contributed by atoms with E-state index in [0.29, 0.717) is 23.6 Å². The summed E-state index contributed by atoms with van der Waals surface area (Å²) in [6.45, 7) is 4.86. The molecule has 8 heteroatoms. The van der Waals surface area contributed by atoms with Gasteiger partial charge < -0.3 is 5.32 Å². The quantitative estimate of drug-likeness (QED) is 0.424. The predicted octanol–water partition coefficient (Wildman–Crippen LogP) is 4.58. The number of nitrogens with one attached hydrogen (secondary N) is 2. The molecule has 0 fully saturated rings. The highest BCUT2D eigenvalue weighted by Gasteiger charge is 2.15. The molecule has 0 aliphatic rings. The van der Waals surface area contributed by atoms with Gasteiger partial charge in [0.25, 0.3) is 0 Å². The van der Waals surface area contributed by atoms with Gasteiger partial charge in [-0.15, -0.1) is 0 Å². The fourth-order valence-corrected chi connectivity index (χ4v) is 3.75. The molecule has 1 aromatic carbocycles. The van der Waals surface area contributed by atoms with E-state index in [2.05, 4.69) is 45.4 Å². The summed E-state index contributed by atoms with van der Waals surface area (Å²) in [4.78, 5) is 13.3. The summed E-state index contributed by atoms with van der Waals surface area (Å²) in [5.74, 6) is 0.529. The second-order valence-corrected chi connectivity index (χ2v) is 7.79. The Bertz CT molecular complexity index is 1370. The standard InChI is InChI=1S/C23H22FN7/c1-14(2)21-12-27-23-22(26-8-7-19-17-5-3-4-6-18(17)29-30-19)28-20(13-31(21)23)15-9-16(24)11-25-10-15/h3-6,9-14H,7-8H2,1-2H3,(H,26,28)(H,29,30). The van der Waals surface area contributed by atoms with Gasteiger partial charge in [0.15, 0.2) is 11.5 Å². The van der Waals surface area contributed by atoms with E-state index in [9.17, 15) is 4.39 Å². The Morgan fingerprint density at radius 1 is 1.16 bits per heavy atom. The molecule has 5 aromatic rings. The Kier molecular flexibility index (Phi) is 4.82. The summed E-state index contributed by atoms with van der Waals surface area (Å²) in [5, 5.41) is 12.0. The molecule has 0 saturated carbocycles. The van der Waals surface area contributed by atoms with Gasteiger partial charge >= 0.3 is 0 Å². The largest absolute Gasteiger partial charge is 0.367 e. The first-order valence-corrected chi connectivity index (χ1v) is 10.2. The highest BCUT2D eigenvalue weighted by Crippen LogP contribution is 2.26. The van der Waals surface area contributed by atoms with E-state index in [1.165, 1.54) is 12.3 Å². The molecule has 0 atom stereocenters. The van der Waals surface area contributed by atoms with Crippen LogP contribution >= 0.6 is 0 Å². The van der Waals surface area contributed by atoms with Crippen LogP contribution in [0.5, 0.6) is 0 Å². The van der Waals surface area contributed by atoms with Crippen LogP contribution in [0, 0.1) is 5.82 Å². The van der Waals surface area contributed by atoms with E-state index in [0.717, 1.165) is 34.4 Å². The third-order valence-corrected chi connectivity index (χ3v) is 5.32. The fourth-order valence-electron chi connectivity index (χ4n) is 3.75. The van der Waals surface area contributed by atoms with Crippen LogP contribution in [0.4, 0.5) is 10.2 Å². The van der Waals surface area contributed by atoms with Crippen LogP contribution < -0.4 is 5.32 Å². The average Bonchev–Trinajstić information content (AvgIpc) is 3.38. The second-order valence-electron chi connectivity index (χ2n) is 7.79. The monoisotopic (exact) mass is 415 g/mol. The Labute approximate surface area is 178 Å². The number of hydrogen-bond acceptors (Lipinski definition) is 5. The van der Waals surface area contributed by atoms with E-state index in [4.69, 9.17) is 4.98 Å². The van der Waals surface area contributed by atoms with Crippen molar-refractivity contribution in [1.29, 1.82) is 0 Å². The van der Waals surface area contributed by atoms with Crippen molar-refractivity contribution < 1.29 is 4.39 Å². The van der Waals surface area contributed by atoms with Crippen LogP contribution in [0.25, 0.3) is 27.8 Å². The lowest BCUT2D eigenvalue weighted by Gasteiger charge is -2.12. The van der Waals surface area contributed by atoms with Crippen molar-refractivity contribution in [2.45, 2.75) is 26.2 Å². The molecule has 0 saturated heterocycles. The second kappa shape index (κ2) is 7.79. The normalized spacial score (nSPS) is 11.6. The number of imidazole rings is 1. The van der Waals surface area contributed by atoms with Crippen molar-refractivity contribution >= 4 is 22.4 Å². The first-order chi connectivity index (χ1) is 15.1. The maximum Gasteiger partial charge on any atom is 0.180 e. The van der Waals surface area contributed by atoms with Crippen molar-refractivity contribution in [2.24, 2.45) is 0 Å². The van der Waals surface area contributed by atoms with E-state index in [1.54, 1.807) is 6.20 Å². The average molecular weight is 415 g/mol. The van der Waals surface area contributed by atoms with Gasteiger partial charge in [0.2, 0.25) is 0 Å². The minimum atomic E-state index is -0.394. The van der Waals surface area contributed by atoms with Crippen LogP contribution in [0.3, 0.4) is 0 Å². The molecule has 0 bridgehead atoms. The Morgan fingerprint density at radius 3 is 2.87 bits per heavy atom. The number of benzene rings is 1. The topological polar surface area (TPSA) is 83.8 Å². The Hall–Kier alpha value is -3.81. The number of nitrogens with zero attached hydrogens (tertiary/aromatic N) is 5. The van der Waals surface area contributed by atoms with Gasteiger partial charge in [-0.1, -0.05) is 32.0 Å². The molecule has 0 aliphatic heterocycles. The van der Waals surface area contributed by atoms with E-state index in [1.807, 2.05) is 35.0 Å². The highest BCUT2D eigenvalue weighted by molar-refractivity contribution is 5.81. The number of aromatic amines is 1. The Balaban J connectivity index is 1.49. The zero-order valence-electron chi connectivity index (χ0n) is 17.3. The molecule has 0 amide bonds. The van der Waals surface area contributed by atoms with Crippen molar-refractivity contribution in [1.82, 2.24) is 29.5 Å². The zero-order chi connectivity index (χ0) is 21.4. The summed E-state index contributed by atoms with van der Waals surface area (Å²) in [6.07, 6.45) is 7.28. The van der Waals surface area contributed by atoms with Gasteiger partial charge in [0, 0.05) is 48.2 Å². The van der Waals surface area contributed by atoms with Crippen molar-refractivity contribution in [2.75, 3.05) is 11.9 Å². The lowest BCUT2D eigenvalue weighted by atomic mass is 10.1. The number of rotatable bonds is 6. The fraction of sp³-hybridized carbons (Fsp3) is 0.217. The molecule has 5 rings (SSSR count). The van der Waals surface area contributed by atoms with Crippen molar-refractivity contribution in [3.05, 3.63) is 72.3 Å². The van der Waals surface area contributed by atoms with Gasteiger partial charge in [-0.3, -0.25) is 14.5 Å². The zero-order valence-corrected chi connectivity index (χ0v) is 17.3. The lowest BCUT2D eigenvalue weighted by Crippen LogP contribution is -2.10. The van der Waals surface area contributed by atoms with Crippen LogP contribution in [-0.2, 0) is 6.42 Å². The smallest absolute Gasteiger partial charge is 0.180 e. The molecule has 7 nitrogen and oxygen atoms in total. The first kappa shape index (κ1) is 19.2. The highest BCUT2D eigenvalue weighted by atomic mass is 19.1. The molecule has 0 unspecified atom stereocenters. The number of anilines is 1. The summed E-state index contributed by atoms with van der Waals surface area (Å²) < 4.78 is 15.8. The van der Waals surface area contributed by atoms with Gasteiger partial charge in [0.05, 0.1) is 23.1 Å². The first-order valence-electron chi connectivity index (χ1n) is 10.2. The van der Waals surface area contributed by atoms with Crippen molar-refractivity contribution in [3.8, 4) is 11.3 Å². The Morgan fingerprint density at radius 2 is 2.03 bits per heavy atom. The molecule has 4 heterocycles. The SMILES string of the molecule is CC(C)c1cnc2c(NCCc3n[nH]c4ccccc34)nc(-c3cncc(F)c3)cn12. The van der Waals surface area contributed by atoms with E-state index < -0.39 is 5.82 Å². The number of halogens is 1. The molecule has 0 spiro atoms. The van der Waals surface area contributed by atoms with Crippen LogP contribution in [-0.4, -0.2) is 36.1 Å². The predicted molar refractivity (Wildman–Crippen MR) is 119 cm³/mol. The molecule has 2 N–H and O–H groups in total. The molecular weight excluding hydrogens is 393 g/mol. The third-order valence-electron chi connectivity index (χ3n) is 5.32. The van der Waals surface area contributed by atoms with Gasteiger partial charge in [-0.05, 0) is 18.1 Å². The van der Waals surface area contributed by atoms with Crippen LogP contribution in [0.15, 0.2) is 55.1 Å². The molecule has 0 radical (unpaired) electrons. The number of hydrogen-bond donors (Lipinski definition) is 2. The number of H-pyrrole nitrogens is 1. The minimum absolute atomic E-state index is 0.277. The minimum Gasteiger partial charge on any atom is -0.367 e.